The van der Waals surface area contributed by atoms with Gasteiger partial charge in [0, 0.05) is 24.4 Å². The molecule has 8 heteroatoms. The van der Waals surface area contributed by atoms with Crippen LogP contribution in [-0.4, -0.2) is 36.5 Å². The van der Waals surface area contributed by atoms with Crippen molar-refractivity contribution in [1.82, 2.24) is 10.2 Å². The maximum atomic E-state index is 13.4. The monoisotopic (exact) mass is 346 g/mol. The first-order chi connectivity index (χ1) is 11.9. The molecule has 2 rings (SSSR count). The van der Waals surface area contributed by atoms with Crippen molar-refractivity contribution in [2.24, 2.45) is 0 Å². The number of carbonyl (C=O) groups excluding carboxylic acids is 1. The number of rotatable bonds is 6. The minimum atomic E-state index is -0.533. The molecule has 0 heterocycles. The van der Waals surface area contributed by atoms with Crippen molar-refractivity contribution in [3.8, 4) is 0 Å². The highest BCUT2D eigenvalue weighted by Gasteiger charge is 2.16. The summed E-state index contributed by atoms with van der Waals surface area (Å²) < 4.78 is 13.4. The summed E-state index contributed by atoms with van der Waals surface area (Å²) in [7, 11) is 3.66. The third kappa shape index (κ3) is 5.25. The largest absolute Gasteiger partial charge is 0.336 e. The topological polar surface area (TPSA) is 87.5 Å². The highest BCUT2D eigenvalue weighted by Crippen LogP contribution is 2.19. The molecule has 0 radical (unpaired) electrons. The number of benzene rings is 2. The van der Waals surface area contributed by atoms with Crippen molar-refractivity contribution >= 4 is 17.4 Å². The van der Waals surface area contributed by atoms with E-state index in [1.165, 1.54) is 30.3 Å². The Balaban J connectivity index is 1.99. The van der Waals surface area contributed by atoms with Crippen LogP contribution < -0.4 is 10.6 Å². The molecule has 1 unspecified atom stereocenters. The molecule has 25 heavy (non-hydrogen) atoms. The number of nitrogens with one attached hydrogen (secondary N) is 2. The molecule has 0 saturated carbocycles. The Morgan fingerprint density at radius 3 is 2.60 bits per heavy atom. The Bertz CT molecular complexity index is 767. The van der Waals surface area contributed by atoms with Gasteiger partial charge in [0.05, 0.1) is 11.0 Å². The molecule has 0 spiro atoms. The van der Waals surface area contributed by atoms with Gasteiger partial charge in [-0.2, -0.15) is 0 Å². The number of halogens is 1. The molecule has 1 atom stereocenters. The summed E-state index contributed by atoms with van der Waals surface area (Å²) in [5.74, 6) is -0.342. The number of urea groups is 1. The molecule has 132 valence electrons. The van der Waals surface area contributed by atoms with Crippen LogP contribution in [0.3, 0.4) is 0 Å². The van der Waals surface area contributed by atoms with E-state index in [4.69, 9.17) is 0 Å². The van der Waals surface area contributed by atoms with Gasteiger partial charge < -0.3 is 15.5 Å². The van der Waals surface area contributed by atoms with Crippen LogP contribution in [0.2, 0.25) is 0 Å². The summed E-state index contributed by atoms with van der Waals surface area (Å²) in [5, 5.41) is 16.0. The second-order valence-electron chi connectivity index (χ2n) is 5.68. The van der Waals surface area contributed by atoms with Crippen LogP contribution in [0.1, 0.15) is 11.6 Å². The molecule has 0 aliphatic carbocycles. The fraction of sp³-hybridized carbons (Fsp3) is 0.235. The average molecular weight is 346 g/mol. The van der Waals surface area contributed by atoms with E-state index in [1.54, 1.807) is 18.2 Å². The molecule has 2 aromatic carbocycles. The smallest absolute Gasteiger partial charge is 0.319 e. The van der Waals surface area contributed by atoms with Crippen molar-refractivity contribution in [1.29, 1.82) is 0 Å². The van der Waals surface area contributed by atoms with E-state index in [1.807, 2.05) is 19.0 Å². The van der Waals surface area contributed by atoms with Gasteiger partial charge in [-0.15, -0.1) is 0 Å². The summed E-state index contributed by atoms with van der Waals surface area (Å²) in [5.41, 5.74) is 0.947. The van der Waals surface area contributed by atoms with Gasteiger partial charge in [-0.3, -0.25) is 10.1 Å². The number of nitro benzene ring substituents is 1. The first kappa shape index (κ1) is 18.3. The van der Waals surface area contributed by atoms with Gasteiger partial charge in [0.1, 0.15) is 5.82 Å². The zero-order chi connectivity index (χ0) is 18.4. The van der Waals surface area contributed by atoms with Crippen molar-refractivity contribution in [2.75, 3.05) is 26.0 Å². The maximum Gasteiger partial charge on any atom is 0.319 e. The molecular weight excluding hydrogens is 327 g/mol. The summed E-state index contributed by atoms with van der Waals surface area (Å²) >= 11 is 0. The lowest BCUT2D eigenvalue weighted by molar-refractivity contribution is -0.384. The fourth-order valence-electron chi connectivity index (χ4n) is 2.37. The SMILES string of the molecule is CN(C)C(CNC(=O)Nc1cccc([N+](=O)[O-])c1)c1cccc(F)c1. The van der Waals surface area contributed by atoms with Gasteiger partial charge in [0.25, 0.3) is 5.69 Å². The minimum absolute atomic E-state index is 0.108. The van der Waals surface area contributed by atoms with Gasteiger partial charge in [-0.25, -0.2) is 9.18 Å². The number of non-ortho nitro benzene ring substituents is 1. The minimum Gasteiger partial charge on any atom is -0.336 e. The lowest BCUT2D eigenvalue weighted by atomic mass is 10.1. The number of hydrogen-bond donors (Lipinski definition) is 2. The summed E-state index contributed by atoms with van der Waals surface area (Å²) in [6.45, 7) is 0.247. The number of anilines is 1. The van der Waals surface area contributed by atoms with E-state index in [-0.39, 0.29) is 24.1 Å². The highest BCUT2D eigenvalue weighted by atomic mass is 19.1. The van der Waals surface area contributed by atoms with Crippen molar-refractivity contribution in [3.63, 3.8) is 0 Å². The van der Waals surface area contributed by atoms with E-state index >= 15 is 0 Å². The Hall–Kier alpha value is -3.00. The highest BCUT2D eigenvalue weighted by molar-refractivity contribution is 5.89. The number of nitrogens with zero attached hydrogens (tertiary/aromatic N) is 2. The molecular formula is C17H19FN4O3. The molecule has 0 fully saturated rings. The van der Waals surface area contributed by atoms with Crippen LogP contribution in [0.25, 0.3) is 0 Å². The predicted molar refractivity (Wildman–Crippen MR) is 92.9 cm³/mol. The van der Waals surface area contributed by atoms with Crippen LogP contribution in [0.4, 0.5) is 20.6 Å². The quantitative estimate of drug-likeness (QED) is 0.621. The second kappa shape index (κ2) is 8.20. The zero-order valence-corrected chi connectivity index (χ0v) is 13.9. The van der Waals surface area contributed by atoms with Crippen molar-refractivity contribution in [3.05, 3.63) is 70.0 Å². The molecule has 2 N–H and O–H groups in total. The number of nitro groups is 1. The standard InChI is InChI=1S/C17H19FN4O3/c1-21(2)16(12-5-3-6-13(18)9-12)11-19-17(23)20-14-7-4-8-15(10-14)22(24)25/h3-10,16H,11H2,1-2H3,(H2,19,20,23). The molecule has 0 aromatic heterocycles. The van der Waals surface area contributed by atoms with Gasteiger partial charge in [-0.05, 0) is 37.9 Å². The van der Waals surface area contributed by atoms with Gasteiger partial charge in [0.15, 0.2) is 0 Å². The lowest BCUT2D eigenvalue weighted by Gasteiger charge is -2.25. The van der Waals surface area contributed by atoms with Crippen LogP contribution >= 0.6 is 0 Å². The first-order valence-electron chi connectivity index (χ1n) is 7.58. The normalized spacial score (nSPS) is 11.8. The molecule has 2 amide bonds. The molecule has 2 aromatic rings. The average Bonchev–Trinajstić information content (AvgIpc) is 2.55. The number of likely N-dealkylation sites (N-methyl/N-ethyl adjacent to an activating group) is 1. The molecule has 0 bridgehead atoms. The number of carbonyl (C=O) groups is 1. The Labute approximate surface area is 144 Å². The predicted octanol–water partition coefficient (Wildman–Crippen LogP) is 3.16. The Morgan fingerprint density at radius 1 is 1.24 bits per heavy atom. The second-order valence-corrected chi connectivity index (χ2v) is 5.68. The molecule has 0 aliphatic heterocycles. The number of amides is 2. The van der Waals surface area contributed by atoms with Crippen LogP contribution in [0.5, 0.6) is 0 Å². The van der Waals surface area contributed by atoms with Crippen molar-refractivity contribution in [2.45, 2.75) is 6.04 Å². The molecule has 0 aliphatic rings. The zero-order valence-electron chi connectivity index (χ0n) is 13.9. The lowest BCUT2D eigenvalue weighted by Crippen LogP contribution is -2.36. The number of hydrogen-bond acceptors (Lipinski definition) is 4. The van der Waals surface area contributed by atoms with Crippen LogP contribution in [0, 0.1) is 15.9 Å². The van der Waals surface area contributed by atoms with E-state index in [0.29, 0.717) is 5.69 Å². The van der Waals surface area contributed by atoms with Gasteiger partial charge >= 0.3 is 6.03 Å². The van der Waals surface area contributed by atoms with E-state index in [2.05, 4.69) is 10.6 Å². The van der Waals surface area contributed by atoms with Crippen molar-refractivity contribution < 1.29 is 14.1 Å². The first-order valence-corrected chi connectivity index (χ1v) is 7.58. The summed E-state index contributed by atoms with van der Waals surface area (Å²) in [6.07, 6.45) is 0. The summed E-state index contributed by atoms with van der Waals surface area (Å²) in [4.78, 5) is 24.1. The van der Waals surface area contributed by atoms with Crippen LogP contribution in [0.15, 0.2) is 48.5 Å². The molecule has 0 saturated heterocycles. The third-order valence-corrected chi connectivity index (χ3v) is 3.63. The van der Waals surface area contributed by atoms with E-state index < -0.39 is 11.0 Å². The Kier molecular flexibility index (Phi) is 6.02. The van der Waals surface area contributed by atoms with Crippen LogP contribution in [-0.2, 0) is 0 Å². The van der Waals surface area contributed by atoms with E-state index in [9.17, 15) is 19.3 Å². The molecule has 7 nitrogen and oxygen atoms in total. The van der Waals surface area contributed by atoms with Gasteiger partial charge in [-0.1, -0.05) is 18.2 Å². The van der Waals surface area contributed by atoms with Gasteiger partial charge in [0.2, 0.25) is 0 Å². The maximum absolute atomic E-state index is 13.4. The Morgan fingerprint density at radius 2 is 1.96 bits per heavy atom. The summed E-state index contributed by atoms with van der Waals surface area (Å²) in [6, 6.07) is 11.1. The third-order valence-electron chi connectivity index (χ3n) is 3.63. The van der Waals surface area contributed by atoms with E-state index in [0.717, 1.165) is 5.56 Å². The fourth-order valence-corrected chi connectivity index (χ4v) is 2.37.